The second-order valence-electron chi connectivity index (χ2n) is 7.54. The Bertz CT molecular complexity index is 846. The maximum absolute atomic E-state index is 11.4. The van der Waals surface area contributed by atoms with Crippen molar-refractivity contribution in [3.63, 3.8) is 0 Å². The van der Waals surface area contributed by atoms with Gasteiger partial charge in [0.25, 0.3) is 0 Å². The molecule has 1 aliphatic heterocycles. The molecule has 7 nitrogen and oxygen atoms in total. The topological polar surface area (TPSA) is 96.2 Å². The summed E-state index contributed by atoms with van der Waals surface area (Å²) < 4.78 is 0. The molecule has 8 heteroatoms. The number of piperidine rings is 1. The van der Waals surface area contributed by atoms with Crippen LogP contribution in [0.25, 0.3) is 0 Å². The first-order chi connectivity index (χ1) is 13.9. The third kappa shape index (κ3) is 5.97. The van der Waals surface area contributed by atoms with Crippen LogP contribution in [0.4, 0.5) is 17.2 Å². The fraction of sp³-hybridized carbons (Fsp3) is 0.476. The first-order valence-electron chi connectivity index (χ1n) is 10.1. The molecule has 1 saturated heterocycles. The lowest BCUT2D eigenvalue weighted by molar-refractivity contribution is -0.119. The Morgan fingerprint density at radius 1 is 1.38 bits per heavy atom. The van der Waals surface area contributed by atoms with E-state index in [0.717, 1.165) is 56.0 Å². The maximum atomic E-state index is 11.4. The molecule has 1 fully saturated rings. The van der Waals surface area contributed by atoms with E-state index in [9.17, 15) is 4.79 Å². The highest BCUT2D eigenvalue weighted by Crippen LogP contribution is 2.24. The zero-order chi connectivity index (χ0) is 20.8. The van der Waals surface area contributed by atoms with Crippen LogP contribution in [0, 0.1) is 0 Å². The second kappa shape index (κ2) is 9.78. The Kier molecular flexibility index (Phi) is 7.14. The molecule has 1 aromatic heterocycles. The Balaban J connectivity index is 1.66. The van der Waals surface area contributed by atoms with E-state index in [1.807, 2.05) is 12.1 Å². The predicted molar refractivity (Wildman–Crippen MR) is 118 cm³/mol. The number of nitrogens with zero attached hydrogens (tertiary/aromatic N) is 3. The van der Waals surface area contributed by atoms with Crippen LogP contribution < -0.4 is 21.3 Å². The van der Waals surface area contributed by atoms with Gasteiger partial charge in [-0.15, -0.1) is 0 Å². The van der Waals surface area contributed by atoms with Crippen molar-refractivity contribution >= 4 is 34.7 Å². The molecule has 0 bridgehead atoms. The normalized spacial score (nSPS) is 17.6. The molecule has 1 aliphatic rings. The molecule has 0 radical (unpaired) electrons. The number of rotatable bonds is 7. The van der Waals surface area contributed by atoms with Gasteiger partial charge in [0.1, 0.15) is 12.1 Å². The Morgan fingerprint density at radius 3 is 2.93 bits per heavy atom. The van der Waals surface area contributed by atoms with Gasteiger partial charge in [0.2, 0.25) is 5.91 Å². The van der Waals surface area contributed by atoms with Crippen LogP contribution in [0.15, 0.2) is 30.6 Å². The summed E-state index contributed by atoms with van der Waals surface area (Å²) >= 11 is 6.01. The minimum atomic E-state index is 0.0138. The van der Waals surface area contributed by atoms with Crippen LogP contribution in [0.1, 0.15) is 38.8 Å². The highest BCUT2D eigenvalue weighted by molar-refractivity contribution is 6.33. The van der Waals surface area contributed by atoms with Crippen LogP contribution in [0.3, 0.4) is 0 Å². The summed E-state index contributed by atoms with van der Waals surface area (Å²) in [5.74, 6) is 0.926. The Morgan fingerprint density at radius 2 is 2.21 bits per heavy atom. The zero-order valence-corrected chi connectivity index (χ0v) is 17.7. The average Bonchev–Trinajstić information content (AvgIpc) is 2.70. The number of amides is 1. The van der Waals surface area contributed by atoms with Crippen molar-refractivity contribution in [1.29, 1.82) is 0 Å². The molecular formula is C21H29ClN6O. The van der Waals surface area contributed by atoms with Crippen LogP contribution in [-0.4, -0.2) is 41.0 Å². The summed E-state index contributed by atoms with van der Waals surface area (Å²) in [4.78, 5) is 22.5. The quantitative estimate of drug-likeness (QED) is 0.599. The van der Waals surface area contributed by atoms with E-state index >= 15 is 0 Å². The molecule has 1 amide bonds. The van der Waals surface area contributed by atoms with E-state index in [1.165, 1.54) is 0 Å². The standard InChI is InChI=1S/C21H29ClN6O/c1-3-15(27-16-6-7-19(22)20(23)10-16)9-18-11-21(25-13-24-18)28-8-4-5-17(12-28)26-14(2)29/h6-7,10-11,13,15,17,27H,3-5,8-9,12,23H2,1-2H3,(H,26,29). The van der Waals surface area contributed by atoms with Crippen molar-refractivity contribution in [3.8, 4) is 0 Å². The lowest BCUT2D eigenvalue weighted by Crippen LogP contribution is -2.47. The van der Waals surface area contributed by atoms with Gasteiger partial charge in [0, 0.05) is 56.0 Å². The van der Waals surface area contributed by atoms with Crippen molar-refractivity contribution in [1.82, 2.24) is 15.3 Å². The molecule has 0 spiro atoms. The molecule has 2 unspecified atom stereocenters. The molecule has 29 heavy (non-hydrogen) atoms. The molecule has 4 N–H and O–H groups in total. The first kappa shape index (κ1) is 21.2. The number of anilines is 3. The number of nitrogens with one attached hydrogen (secondary N) is 2. The van der Waals surface area contributed by atoms with Crippen molar-refractivity contribution in [2.75, 3.05) is 29.0 Å². The summed E-state index contributed by atoms with van der Waals surface area (Å²) in [6, 6.07) is 8.02. The van der Waals surface area contributed by atoms with Crippen molar-refractivity contribution < 1.29 is 4.79 Å². The number of carbonyl (C=O) groups is 1. The van der Waals surface area contributed by atoms with Gasteiger partial charge in [0.15, 0.2) is 0 Å². The van der Waals surface area contributed by atoms with E-state index in [-0.39, 0.29) is 18.0 Å². The van der Waals surface area contributed by atoms with E-state index in [4.69, 9.17) is 17.3 Å². The molecule has 0 aliphatic carbocycles. The van der Waals surface area contributed by atoms with Gasteiger partial charge in [-0.2, -0.15) is 0 Å². The number of halogens is 1. The predicted octanol–water partition coefficient (Wildman–Crippen LogP) is 3.25. The van der Waals surface area contributed by atoms with Gasteiger partial charge in [-0.05, 0) is 37.5 Å². The Labute approximate surface area is 177 Å². The number of nitrogens with two attached hydrogens (primary N) is 1. The third-order valence-electron chi connectivity index (χ3n) is 5.18. The summed E-state index contributed by atoms with van der Waals surface area (Å²) in [5, 5.41) is 7.09. The van der Waals surface area contributed by atoms with E-state index in [0.29, 0.717) is 10.7 Å². The molecule has 2 atom stereocenters. The average molecular weight is 417 g/mol. The minimum Gasteiger partial charge on any atom is -0.397 e. The monoisotopic (exact) mass is 416 g/mol. The summed E-state index contributed by atoms with van der Waals surface area (Å²) in [6.45, 7) is 5.41. The molecule has 2 aromatic rings. The highest BCUT2D eigenvalue weighted by atomic mass is 35.5. The fourth-order valence-corrected chi connectivity index (χ4v) is 3.80. The van der Waals surface area contributed by atoms with Gasteiger partial charge in [0.05, 0.1) is 10.7 Å². The van der Waals surface area contributed by atoms with E-state index in [2.05, 4.69) is 38.5 Å². The Hall–Kier alpha value is -2.54. The third-order valence-corrected chi connectivity index (χ3v) is 5.52. The summed E-state index contributed by atoms with van der Waals surface area (Å²) in [6.07, 6.45) is 5.37. The molecule has 3 rings (SSSR count). The summed E-state index contributed by atoms with van der Waals surface area (Å²) in [7, 11) is 0. The smallest absolute Gasteiger partial charge is 0.217 e. The number of benzene rings is 1. The summed E-state index contributed by atoms with van der Waals surface area (Å²) in [5.41, 5.74) is 8.41. The number of aromatic nitrogens is 2. The SMILES string of the molecule is CCC(Cc1cc(N2CCCC(NC(C)=O)C2)ncn1)Nc1ccc(Cl)c(N)c1. The van der Waals surface area contributed by atoms with Gasteiger partial charge >= 0.3 is 0 Å². The molecule has 0 saturated carbocycles. The van der Waals surface area contributed by atoms with E-state index in [1.54, 1.807) is 19.3 Å². The van der Waals surface area contributed by atoms with Crippen molar-refractivity contribution in [2.45, 2.75) is 51.6 Å². The van der Waals surface area contributed by atoms with Crippen LogP contribution in [-0.2, 0) is 11.2 Å². The molecule has 1 aromatic carbocycles. The largest absolute Gasteiger partial charge is 0.397 e. The van der Waals surface area contributed by atoms with Crippen molar-refractivity contribution in [3.05, 3.63) is 41.3 Å². The lowest BCUT2D eigenvalue weighted by atomic mass is 10.0. The van der Waals surface area contributed by atoms with Crippen molar-refractivity contribution in [2.24, 2.45) is 0 Å². The zero-order valence-electron chi connectivity index (χ0n) is 17.0. The highest BCUT2D eigenvalue weighted by Gasteiger charge is 2.22. The maximum Gasteiger partial charge on any atom is 0.217 e. The van der Waals surface area contributed by atoms with E-state index < -0.39 is 0 Å². The molecular weight excluding hydrogens is 388 g/mol. The van der Waals surface area contributed by atoms with Crippen LogP contribution >= 0.6 is 11.6 Å². The minimum absolute atomic E-state index is 0.0138. The lowest BCUT2D eigenvalue weighted by Gasteiger charge is -2.33. The van der Waals surface area contributed by atoms with Crippen LogP contribution in [0.5, 0.6) is 0 Å². The number of carbonyl (C=O) groups excluding carboxylic acids is 1. The van der Waals surface area contributed by atoms with Crippen LogP contribution in [0.2, 0.25) is 5.02 Å². The first-order valence-corrected chi connectivity index (χ1v) is 10.5. The van der Waals surface area contributed by atoms with Gasteiger partial charge in [-0.1, -0.05) is 18.5 Å². The van der Waals surface area contributed by atoms with Gasteiger partial charge < -0.3 is 21.3 Å². The number of hydrogen-bond acceptors (Lipinski definition) is 6. The number of nitrogen functional groups attached to an aromatic ring is 1. The number of hydrogen-bond donors (Lipinski definition) is 3. The van der Waals surface area contributed by atoms with Gasteiger partial charge in [-0.3, -0.25) is 4.79 Å². The van der Waals surface area contributed by atoms with Gasteiger partial charge in [-0.25, -0.2) is 9.97 Å². The fourth-order valence-electron chi connectivity index (χ4n) is 3.68. The molecule has 2 heterocycles. The molecule has 156 valence electrons. The second-order valence-corrected chi connectivity index (χ2v) is 7.95.